The monoisotopic (exact) mass is 312 g/mol. The number of aromatic nitrogens is 2. The highest BCUT2D eigenvalue weighted by molar-refractivity contribution is 6.21. The minimum Gasteiger partial charge on any atom is -0.354 e. The van der Waals surface area contributed by atoms with Crippen molar-refractivity contribution in [3.8, 4) is 0 Å². The first-order valence-electron chi connectivity index (χ1n) is 8.48. The molecule has 2 N–H and O–H groups in total. The average Bonchev–Trinajstić information content (AvgIpc) is 3.11. The Morgan fingerprint density at radius 3 is 1.50 bits per heavy atom. The van der Waals surface area contributed by atoms with Gasteiger partial charge in [0.05, 0.1) is 11.0 Å². The van der Waals surface area contributed by atoms with Crippen molar-refractivity contribution in [3.05, 3.63) is 58.7 Å². The minimum atomic E-state index is 1.22. The third kappa shape index (κ3) is 1.60. The van der Waals surface area contributed by atoms with Gasteiger partial charge in [-0.3, -0.25) is 0 Å². The maximum atomic E-state index is 3.64. The standard InChI is InChI=1S/C22H20N2/c1-11-5-7-17-15(9-11)19-13(3)20-16-10-12(2)6-8-18(16)24-22(20)14(4)21(19)23-17/h5-10,23-24H,1-4H3. The van der Waals surface area contributed by atoms with Gasteiger partial charge in [0, 0.05) is 32.6 Å². The third-order valence-corrected chi connectivity index (χ3v) is 5.41. The molecule has 0 saturated carbocycles. The van der Waals surface area contributed by atoms with Crippen LogP contribution >= 0.6 is 0 Å². The van der Waals surface area contributed by atoms with Crippen molar-refractivity contribution >= 4 is 43.6 Å². The molecule has 0 fully saturated rings. The molecule has 2 aromatic heterocycles. The van der Waals surface area contributed by atoms with E-state index in [9.17, 15) is 0 Å². The zero-order valence-corrected chi connectivity index (χ0v) is 14.5. The second-order valence-electron chi connectivity index (χ2n) is 7.10. The number of nitrogens with one attached hydrogen (secondary N) is 2. The Hall–Kier alpha value is -2.74. The average molecular weight is 312 g/mol. The summed E-state index contributed by atoms with van der Waals surface area (Å²) in [5.74, 6) is 0. The molecule has 2 heterocycles. The number of aryl methyl sites for hydroxylation is 4. The first kappa shape index (κ1) is 13.7. The summed E-state index contributed by atoms with van der Waals surface area (Å²) in [6.45, 7) is 8.80. The first-order valence-corrected chi connectivity index (χ1v) is 8.48. The number of hydrogen-bond donors (Lipinski definition) is 2. The smallest absolute Gasteiger partial charge is 0.0518 e. The quantitative estimate of drug-likeness (QED) is 0.342. The molecule has 0 aliphatic rings. The lowest BCUT2D eigenvalue weighted by Crippen LogP contribution is -1.85. The Bertz CT molecular complexity index is 1180. The van der Waals surface area contributed by atoms with Crippen molar-refractivity contribution < 1.29 is 0 Å². The predicted molar refractivity (Wildman–Crippen MR) is 104 cm³/mol. The van der Waals surface area contributed by atoms with Gasteiger partial charge in [0.25, 0.3) is 0 Å². The summed E-state index contributed by atoms with van der Waals surface area (Å²) >= 11 is 0. The fourth-order valence-corrected chi connectivity index (χ4v) is 4.20. The van der Waals surface area contributed by atoms with Gasteiger partial charge in [-0.05, 0) is 63.1 Å². The van der Waals surface area contributed by atoms with Crippen molar-refractivity contribution in [2.45, 2.75) is 27.7 Å². The molecular weight excluding hydrogens is 292 g/mol. The summed E-state index contributed by atoms with van der Waals surface area (Å²) in [6, 6.07) is 13.3. The van der Waals surface area contributed by atoms with Crippen LogP contribution in [0.4, 0.5) is 0 Å². The van der Waals surface area contributed by atoms with Crippen molar-refractivity contribution in [2.24, 2.45) is 0 Å². The highest BCUT2D eigenvalue weighted by atomic mass is 14.7. The van der Waals surface area contributed by atoms with E-state index < -0.39 is 0 Å². The molecule has 0 spiro atoms. The number of aromatic amines is 2. The number of H-pyrrole nitrogens is 2. The molecular formula is C22H20N2. The highest BCUT2D eigenvalue weighted by Gasteiger charge is 2.17. The highest BCUT2D eigenvalue weighted by Crippen LogP contribution is 2.39. The molecule has 0 amide bonds. The maximum absolute atomic E-state index is 3.64. The van der Waals surface area contributed by atoms with Gasteiger partial charge in [-0.1, -0.05) is 23.3 Å². The molecule has 0 atom stereocenters. The molecule has 118 valence electrons. The largest absolute Gasteiger partial charge is 0.354 e. The van der Waals surface area contributed by atoms with Crippen molar-refractivity contribution in [1.82, 2.24) is 9.97 Å². The molecule has 2 nitrogen and oxygen atoms in total. The number of fused-ring (bicyclic) bond motifs is 6. The Kier molecular flexibility index (Phi) is 2.52. The summed E-state index contributed by atoms with van der Waals surface area (Å²) < 4.78 is 0. The molecule has 24 heavy (non-hydrogen) atoms. The first-order chi connectivity index (χ1) is 11.5. The van der Waals surface area contributed by atoms with E-state index in [1.165, 1.54) is 65.9 Å². The molecule has 0 bridgehead atoms. The SMILES string of the molecule is Cc1ccc2[nH]c3c(C)c4[nH]c5ccc(C)cc5c4c(C)c3c2c1. The van der Waals surface area contributed by atoms with Gasteiger partial charge in [-0.15, -0.1) is 0 Å². The Morgan fingerprint density at radius 1 is 0.583 bits per heavy atom. The minimum absolute atomic E-state index is 1.22. The molecule has 2 heteroatoms. The Labute approximate surface area is 140 Å². The maximum Gasteiger partial charge on any atom is 0.0518 e. The summed E-state index contributed by atoms with van der Waals surface area (Å²) in [7, 11) is 0. The van der Waals surface area contributed by atoms with Crippen LogP contribution < -0.4 is 0 Å². The summed E-state index contributed by atoms with van der Waals surface area (Å²) in [4.78, 5) is 7.28. The van der Waals surface area contributed by atoms with E-state index in [0.29, 0.717) is 0 Å². The third-order valence-electron chi connectivity index (χ3n) is 5.41. The lowest BCUT2D eigenvalue weighted by molar-refractivity contribution is 1.42. The van der Waals surface area contributed by atoms with E-state index in [2.05, 4.69) is 74.1 Å². The Morgan fingerprint density at radius 2 is 1.04 bits per heavy atom. The van der Waals surface area contributed by atoms with Crippen LogP contribution in [0.1, 0.15) is 22.3 Å². The van der Waals surface area contributed by atoms with E-state index >= 15 is 0 Å². The number of hydrogen-bond acceptors (Lipinski definition) is 0. The van der Waals surface area contributed by atoms with Gasteiger partial charge < -0.3 is 9.97 Å². The van der Waals surface area contributed by atoms with E-state index in [-0.39, 0.29) is 0 Å². The topological polar surface area (TPSA) is 31.6 Å². The fourth-order valence-electron chi connectivity index (χ4n) is 4.20. The normalized spacial score (nSPS) is 12.2. The van der Waals surface area contributed by atoms with Crippen molar-refractivity contribution in [1.29, 1.82) is 0 Å². The lowest BCUT2D eigenvalue weighted by atomic mass is 9.97. The second kappa shape index (κ2) is 4.41. The van der Waals surface area contributed by atoms with Crippen LogP contribution in [0.5, 0.6) is 0 Å². The molecule has 3 aromatic carbocycles. The van der Waals surface area contributed by atoms with Crippen LogP contribution in [-0.2, 0) is 0 Å². The van der Waals surface area contributed by atoms with Crippen molar-refractivity contribution in [3.63, 3.8) is 0 Å². The molecule has 0 saturated heterocycles. The Balaban J connectivity index is 2.12. The van der Waals surface area contributed by atoms with Gasteiger partial charge in [0.15, 0.2) is 0 Å². The number of benzene rings is 3. The van der Waals surface area contributed by atoms with Gasteiger partial charge >= 0.3 is 0 Å². The molecule has 5 aromatic rings. The van der Waals surface area contributed by atoms with Crippen LogP contribution in [0.3, 0.4) is 0 Å². The van der Waals surface area contributed by atoms with Gasteiger partial charge in [0.2, 0.25) is 0 Å². The second-order valence-corrected chi connectivity index (χ2v) is 7.10. The molecule has 0 aliphatic heterocycles. The zero-order chi connectivity index (χ0) is 16.6. The van der Waals surface area contributed by atoms with Gasteiger partial charge in [0.1, 0.15) is 0 Å². The molecule has 0 radical (unpaired) electrons. The summed E-state index contributed by atoms with van der Waals surface area (Å²) in [6.07, 6.45) is 0. The summed E-state index contributed by atoms with van der Waals surface area (Å²) in [5, 5.41) is 5.38. The van der Waals surface area contributed by atoms with Gasteiger partial charge in [-0.25, -0.2) is 0 Å². The summed E-state index contributed by atoms with van der Waals surface area (Å²) in [5.41, 5.74) is 10.2. The van der Waals surface area contributed by atoms with Crippen LogP contribution in [-0.4, -0.2) is 9.97 Å². The van der Waals surface area contributed by atoms with Crippen LogP contribution in [0, 0.1) is 27.7 Å². The van der Waals surface area contributed by atoms with Crippen molar-refractivity contribution in [2.75, 3.05) is 0 Å². The fraction of sp³-hybridized carbons (Fsp3) is 0.182. The van der Waals surface area contributed by atoms with E-state index in [4.69, 9.17) is 0 Å². The predicted octanol–water partition coefficient (Wildman–Crippen LogP) is 6.19. The van der Waals surface area contributed by atoms with E-state index in [0.717, 1.165) is 0 Å². The van der Waals surface area contributed by atoms with E-state index in [1.807, 2.05) is 0 Å². The van der Waals surface area contributed by atoms with Crippen LogP contribution in [0.15, 0.2) is 36.4 Å². The molecule has 0 unspecified atom stereocenters. The zero-order valence-electron chi connectivity index (χ0n) is 14.5. The lowest BCUT2D eigenvalue weighted by Gasteiger charge is -2.06. The molecule has 0 aliphatic carbocycles. The number of rotatable bonds is 0. The van der Waals surface area contributed by atoms with Crippen LogP contribution in [0.25, 0.3) is 43.6 Å². The molecule has 5 rings (SSSR count). The van der Waals surface area contributed by atoms with Gasteiger partial charge in [-0.2, -0.15) is 0 Å². The van der Waals surface area contributed by atoms with E-state index in [1.54, 1.807) is 0 Å². The van der Waals surface area contributed by atoms with Crippen LogP contribution in [0.2, 0.25) is 0 Å².